The van der Waals surface area contributed by atoms with Crippen LogP contribution in [-0.4, -0.2) is 25.7 Å². The van der Waals surface area contributed by atoms with E-state index in [-0.39, 0.29) is 6.54 Å². The Hall–Kier alpha value is -1.06. The van der Waals surface area contributed by atoms with E-state index in [1.807, 2.05) is 43.3 Å². The smallest absolute Gasteiger partial charge is 0.0932 e. The summed E-state index contributed by atoms with van der Waals surface area (Å²) < 4.78 is 0. The fraction of sp³-hybridized carbons (Fsp3) is 0.400. The van der Waals surface area contributed by atoms with Crippen molar-refractivity contribution in [2.24, 2.45) is 5.73 Å². The van der Waals surface area contributed by atoms with E-state index < -0.39 is 6.10 Å². The van der Waals surface area contributed by atoms with Crippen molar-refractivity contribution in [3.63, 3.8) is 0 Å². The fourth-order valence-corrected chi connectivity index (χ4v) is 1.30. The fourth-order valence-electron chi connectivity index (χ4n) is 1.30. The van der Waals surface area contributed by atoms with E-state index in [1.54, 1.807) is 0 Å². The summed E-state index contributed by atoms with van der Waals surface area (Å²) in [5.41, 5.74) is 7.30. The molecule has 0 saturated heterocycles. The molecule has 0 aliphatic rings. The maximum Gasteiger partial charge on any atom is 0.0932 e. The van der Waals surface area contributed by atoms with Crippen LogP contribution in [0.15, 0.2) is 24.3 Å². The summed E-state index contributed by atoms with van der Waals surface area (Å²) in [5.74, 6) is 0. The lowest BCUT2D eigenvalue weighted by atomic mass is 10.1. The number of benzene rings is 1. The van der Waals surface area contributed by atoms with Gasteiger partial charge in [-0.05, 0) is 6.07 Å². The second-order valence-corrected chi connectivity index (χ2v) is 3.20. The zero-order valence-corrected chi connectivity index (χ0v) is 8.07. The van der Waals surface area contributed by atoms with Crippen LogP contribution in [0.3, 0.4) is 0 Å². The summed E-state index contributed by atoms with van der Waals surface area (Å²) in [6, 6.07) is 7.71. The van der Waals surface area contributed by atoms with Crippen LogP contribution >= 0.6 is 0 Å². The Bertz CT molecular complexity index is 273. The molecule has 0 amide bonds. The van der Waals surface area contributed by atoms with Crippen molar-refractivity contribution in [2.75, 3.05) is 25.5 Å². The first-order chi connectivity index (χ1) is 6.16. The first-order valence-corrected chi connectivity index (χ1v) is 4.31. The molecule has 1 atom stereocenters. The number of nitrogens with zero attached hydrogens (tertiary/aromatic N) is 1. The molecular weight excluding hydrogens is 164 g/mol. The SMILES string of the molecule is CN(C)c1ccccc1C(O)CN. The van der Waals surface area contributed by atoms with E-state index in [0.29, 0.717) is 0 Å². The van der Waals surface area contributed by atoms with Gasteiger partial charge in [0.1, 0.15) is 0 Å². The van der Waals surface area contributed by atoms with Crippen LogP contribution in [-0.2, 0) is 0 Å². The van der Waals surface area contributed by atoms with Gasteiger partial charge in [0.2, 0.25) is 0 Å². The maximum absolute atomic E-state index is 9.61. The number of para-hydroxylation sites is 1. The number of rotatable bonds is 3. The van der Waals surface area contributed by atoms with Crippen LogP contribution in [0.1, 0.15) is 11.7 Å². The summed E-state index contributed by atoms with van der Waals surface area (Å²) in [5, 5.41) is 9.61. The van der Waals surface area contributed by atoms with E-state index in [1.165, 1.54) is 0 Å². The normalized spacial score (nSPS) is 12.6. The Kier molecular flexibility index (Phi) is 3.28. The second kappa shape index (κ2) is 4.25. The molecular formula is C10H16N2O. The molecule has 0 fully saturated rings. The highest BCUT2D eigenvalue weighted by atomic mass is 16.3. The van der Waals surface area contributed by atoms with Gasteiger partial charge in [-0.3, -0.25) is 0 Å². The number of aliphatic hydroxyl groups excluding tert-OH is 1. The number of hydrogen-bond donors (Lipinski definition) is 2. The van der Waals surface area contributed by atoms with E-state index in [2.05, 4.69) is 0 Å². The predicted molar refractivity (Wildman–Crippen MR) is 54.8 cm³/mol. The third-order valence-corrected chi connectivity index (χ3v) is 2.00. The topological polar surface area (TPSA) is 49.5 Å². The number of hydrogen-bond acceptors (Lipinski definition) is 3. The Morgan fingerprint density at radius 3 is 2.54 bits per heavy atom. The molecule has 0 aromatic heterocycles. The molecule has 0 bridgehead atoms. The molecule has 0 aliphatic carbocycles. The lowest BCUT2D eigenvalue weighted by Crippen LogP contribution is -2.17. The number of anilines is 1. The van der Waals surface area contributed by atoms with Crippen molar-refractivity contribution in [3.8, 4) is 0 Å². The minimum Gasteiger partial charge on any atom is -0.387 e. The van der Waals surface area contributed by atoms with Gasteiger partial charge >= 0.3 is 0 Å². The molecule has 3 N–H and O–H groups in total. The van der Waals surface area contributed by atoms with Crippen molar-refractivity contribution < 1.29 is 5.11 Å². The van der Waals surface area contributed by atoms with Crippen molar-refractivity contribution in [1.82, 2.24) is 0 Å². The van der Waals surface area contributed by atoms with Crippen molar-refractivity contribution in [2.45, 2.75) is 6.10 Å². The highest BCUT2D eigenvalue weighted by molar-refractivity contribution is 5.53. The standard InChI is InChI=1S/C10H16N2O/c1-12(2)9-6-4-3-5-8(9)10(13)7-11/h3-6,10,13H,7,11H2,1-2H3. The zero-order valence-electron chi connectivity index (χ0n) is 8.07. The Morgan fingerprint density at radius 2 is 2.00 bits per heavy atom. The lowest BCUT2D eigenvalue weighted by molar-refractivity contribution is 0.187. The molecule has 3 heteroatoms. The molecule has 1 aromatic carbocycles. The van der Waals surface area contributed by atoms with Crippen LogP contribution < -0.4 is 10.6 Å². The molecule has 1 aromatic rings. The Labute approximate surface area is 78.8 Å². The van der Waals surface area contributed by atoms with Gasteiger partial charge in [-0.25, -0.2) is 0 Å². The first kappa shape index (κ1) is 10.0. The van der Waals surface area contributed by atoms with Crippen LogP contribution in [0.2, 0.25) is 0 Å². The van der Waals surface area contributed by atoms with E-state index in [4.69, 9.17) is 5.73 Å². The summed E-state index contributed by atoms with van der Waals surface area (Å²) in [4.78, 5) is 1.97. The lowest BCUT2D eigenvalue weighted by Gasteiger charge is -2.19. The average molecular weight is 180 g/mol. The molecule has 1 rings (SSSR count). The molecule has 0 radical (unpaired) electrons. The molecule has 0 aliphatic heterocycles. The summed E-state index contributed by atoms with van der Waals surface area (Å²) in [7, 11) is 3.89. The summed E-state index contributed by atoms with van der Waals surface area (Å²) in [6.07, 6.45) is -0.571. The number of aliphatic hydroxyl groups is 1. The Balaban J connectivity index is 3.04. The molecule has 0 saturated carbocycles. The highest BCUT2D eigenvalue weighted by Gasteiger charge is 2.10. The molecule has 3 nitrogen and oxygen atoms in total. The monoisotopic (exact) mass is 180 g/mol. The minimum absolute atomic E-state index is 0.255. The van der Waals surface area contributed by atoms with Gasteiger partial charge in [-0.2, -0.15) is 0 Å². The van der Waals surface area contributed by atoms with Crippen LogP contribution in [0.4, 0.5) is 5.69 Å². The number of nitrogens with two attached hydrogens (primary N) is 1. The summed E-state index contributed by atoms with van der Waals surface area (Å²) >= 11 is 0. The van der Waals surface area contributed by atoms with E-state index >= 15 is 0 Å². The molecule has 1 unspecified atom stereocenters. The zero-order chi connectivity index (χ0) is 9.84. The van der Waals surface area contributed by atoms with Crippen molar-refractivity contribution >= 4 is 5.69 Å². The first-order valence-electron chi connectivity index (χ1n) is 4.31. The van der Waals surface area contributed by atoms with Gasteiger partial charge in [-0.1, -0.05) is 18.2 Å². The molecule has 0 heterocycles. The maximum atomic E-state index is 9.61. The third kappa shape index (κ3) is 2.20. The highest BCUT2D eigenvalue weighted by Crippen LogP contribution is 2.23. The van der Waals surface area contributed by atoms with Crippen molar-refractivity contribution in [3.05, 3.63) is 29.8 Å². The molecule has 72 valence electrons. The molecule has 13 heavy (non-hydrogen) atoms. The van der Waals surface area contributed by atoms with E-state index in [0.717, 1.165) is 11.3 Å². The minimum atomic E-state index is -0.571. The van der Waals surface area contributed by atoms with Crippen LogP contribution in [0.25, 0.3) is 0 Å². The molecule has 0 spiro atoms. The van der Waals surface area contributed by atoms with Crippen LogP contribution in [0, 0.1) is 0 Å². The van der Waals surface area contributed by atoms with Gasteiger partial charge in [0.15, 0.2) is 0 Å². The largest absolute Gasteiger partial charge is 0.387 e. The van der Waals surface area contributed by atoms with Gasteiger partial charge in [-0.15, -0.1) is 0 Å². The predicted octanol–water partition coefficient (Wildman–Crippen LogP) is 0.745. The summed E-state index contributed by atoms with van der Waals surface area (Å²) in [6.45, 7) is 0.255. The quantitative estimate of drug-likeness (QED) is 0.721. The third-order valence-electron chi connectivity index (χ3n) is 2.00. The van der Waals surface area contributed by atoms with Gasteiger partial charge < -0.3 is 15.7 Å². The van der Waals surface area contributed by atoms with Gasteiger partial charge in [0.05, 0.1) is 6.10 Å². The second-order valence-electron chi connectivity index (χ2n) is 3.20. The average Bonchev–Trinajstić information content (AvgIpc) is 2.16. The van der Waals surface area contributed by atoms with Crippen molar-refractivity contribution in [1.29, 1.82) is 0 Å². The van der Waals surface area contributed by atoms with Crippen LogP contribution in [0.5, 0.6) is 0 Å². The van der Waals surface area contributed by atoms with E-state index in [9.17, 15) is 5.11 Å². The van der Waals surface area contributed by atoms with Gasteiger partial charge in [0, 0.05) is 31.9 Å². The van der Waals surface area contributed by atoms with Gasteiger partial charge in [0.25, 0.3) is 0 Å². The Morgan fingerprint density at radius 1 is 1.38 bits per heavy atom.